The van der Waals surface area contributed by atoms with Gasteiger partial charge in [-0.3, -0.25) is 10.1 Å². The van der Waals surface area contributed by atoms with Crippen LogP contribution >= 0.6 is 0 Å². The fraction of sp³-hybridized carbons (Fsp3) is 0.923. The van der Waals surface area contributed by atoms with Gasteiger partial charge in [0.25, 0.3) is 0 Å². The number of halogens is 3. The quantitative estimate of drug-likeness (QED) is 0.792. The van der Waals surface area contributed by atoms with Crippen LogP contribution in [0.15, 0.2) is 0 Å². The van der Waals surface area contributed by atoms with Gasteiger partial charge in [-0.1, -0.05) is 6.92 Å². The molecule has 118 valence electrons. The molecule has 0 aromatic rings. The van der Waals surface area contributed by atoms with E-state index in [1.165, 1.54) is 0 Å². The summed E-state index contributed by atoms with van der Waals surface area (Å²) in [5.41, 5.74) is -1.95. The van der Waals surface area contributed by atoms with E-state index in [2.05, 4.69) is 5.32 Å². The van der Waals surface area contributed by atoms with Gasteiger partial charge in [-0.25, -0.2) is 0 Å². The predicted octanol–water partition coefficient (Wildman–Crippen LogP) is 2.42. The fourth-order valence-corrected chi connectivity index (χ4v) is 2.41. The normalized spacial score (nSPS) is 31.1. The molecule has 1 aliphatic rings. The lowest BCUT2D eigenvalue weighted by molar-refractivity contribution is -0.172. The summed E-state index contributed by atoms with van der Waals surface area (Å²) in [5.74, 6) is -0.632. The Morgan fingerprint density at radius 1 is 1.40 bits per heavy atom. The monoisotopic (exact) mass is 297 g/mol. The summed E-state index contributed by atoms with van der Waals surface area (Å²) >= 11 is 0. The molecule has 0 radical (unpaired) electrons. The van der Waals surface area contributed by atoms with Gasteiger partial charge >= 0.3 is 12.1 Å². The van der Waals surface area contributed by atoms with Crippen LogP contribution in [0.2, 0.25) is 0 Å². The SMILES string of the molecule is CCOC(=O)C1(NCC(F)(F)F)CCOC(C)(CC)C1. The maximum absolute atomic E-state index is 12.5. The summed E-state index contributed by atoms with van der Waals surface area (Å²) in [6, 6.07) is 0. The van der Waals surface area contributed by atoms with Crippen LogP contribution < -0.4 is 5.32 Å². The van der Waals surface area contributed by atoms with Crippen molar-refractivity contribution in [3.63, 3.8) is 0 Å². The molecule has 0 aromatic carbocycles. The highest BCUT2D eigenvalue weighted by Crippen LogP contribution is 2.36. The summed E-state index contributed by atoms with van der Waals surface area (Å²) in [6.45, 7) is 4.46. The minimum Gasteiger partial charge on any atom is -0.465 e. The number of carbonyl (C=O) groups excluding carboxylic acids is 1. The zero-order chi connectivity index (χ0) is 15.4. The molecule has 2 unspecified atom stereocenters. The van der Waals surface area contributed by atoms with E-state index in [0.717, 1.165) is 0 Å². The number of carbonyl (C=O) groups is 1. The molecular formula is C13H22F3NO3. The van der Waals surface area contributed by atoms with Crippen LogP contribution in [0.1, 0.15) is 40.0 Å². The van der Waals surface area contributed by atoms with Crippen LogP contribution in [0, 0.1) is 0 Å². The number of alkyl halides is 3. The van der Waals surface area contributed by atoms with Crippen molar-refractivity contribution in [2.24, 2.45) is 0 Å². The zero-order valence-electron chi connectivity index (χ0n) is 12.1. The second-order valence-electron chi connectivity index (χ2n) is 5.35. The molecule has 0 aliphatic carbocycles. The summed E-state index contributed by atoms with van der Waals surface area (Å²) in [5, 5.41) is 2.37. The zero-order valence-corrected chi connectivity index (χ0v) is 12.1. The molecule has 0 aromatic heterocycles. The molecule has 7 heteroatoms. The molecule has 1 heterocycles. The molecule has 1 N–H and O–H groups in total. The first-order chi connectivity index (χ1) is 9.16. The molecule has 0 saturated carbocycles. The second-order valence-corrected chi connectivity index (χ2v) is 5.35. The average Bonchev–Trinajstić information content (AvgIpc) is 2.36. The second kappa shape index (κ2) is 6.30. The summed E-state index contributed by atoms with van der Waals surface area (Å²) in [6.07, 6.45) is -3.41. The molecule has 0 bridgehead atoms. The molecular weight excluding hydrogens is 275 g/mol. The molecule has 1 fully saturated rings. The third kappa shape index (κ3) is 4.34. The third-order valence-electron chi connectivity index (χ3n) is 3.70. The topological polar surface area (TPSA) is 47.6 Å². The van der Waals surface area contributed by atoms with Gasteiger partial charge in [-0.05, 0) is 26.7 Å². The van der Waals surface area contributed by atoms with E-state index in [-0.39, 0.29) is 26.1 Å². The van der Waals surface area contributed by atoms with Crippen molar-refractivity contribution in [1.82, 2.24) is 5.32 Å². The van der Waals surface area contributed by atoms with Crippen molar-refractivity contribution in [3.8, 4) is 0 Å². The summed E-state index contributed by atoms with van der Waals surface area (Å²) < 4.78 is 47.9. The largest absolute Gasteiger partial charge is 0.465 e. The van der Waals surface area contributed by atoms with Gasteiger partial charge in [0.15, 0.2) is 0 Å². The standard InChI is InChI=1S/C13H22F3NO3/c1-4-11(3)8-12(6-7-20-11,10(18)19-5-2)17-9-13(14,15)16/h17H,4-9H2,1-3H3. The van der Waals surface area contributed by atoms with Crippen LogP contribution in [0.5, 0.6) is 0 Å². The first-order valence-electron chi connectivity index (χ1n) is 6.79. The minimum atomic E-state index is -4.37. The number of hydrogen-bond donors (Lipinski definition) is 1. The van der Waals surface area contributed by atoms with E-state index in [4.69, 9.17) is 9.47 Å². The molecule has 1 aliphatic heterocycles. The average molecular weight is 297 g/mol. The van der Waals surface area contributed by atoms with E-state index in [9.17, 15) is 18.0 Å². The highest BCUT2D eigenvalue weighted by atomic mass is 19.4. The Hall–Kier alpha value is -0.820. The Morgan fingerprint density at radius 3 is 2.55 bits per heavy atom. The Morgan fingerprint density at radius 2 is 2.05 bits per heavy atom. The fourth-order valence-electron chi connectivity index (χ4n) is 2.41. The summed E-state index contributed by atoms with van der Waals surface area (Å²) in [7, 11) is 0. The van der Waals surface area contributed by atoms with Crippen LogP contribution in [-0.2, 0) is 14.3 Å². The van der Waals surface area contributed by atoms with Gasteiger partial charge in [0.2, 0.25) is 0 Å². The minimum absolute atomic E-state index is 0.137. The molecule has 20 heavy (non-hydrogen) atoms. The van der Waals surface area contributed by atoms with Crippen molar-refractivity contribution in [2.45, 2.75) is 57.3 Å². The lowest BCUT2D eigenvalue weighted by Crippen LogP contribution is -2.62. The first kappa shape index (κ1) is 17.2. The van der Waals surface area contributed by atoms with Crippen LogP contribution in [0.25, 0.3) is 0 Å². The lowest BCUT2D eigenvalue weighted by atomic mass is 9.79. The van der Waals surface area contributed by atoms with Crippen LogP contribution in [0.3, 0.4) is 0 Å². The van der Waals surface area contributed by atoms with Crippen molar-refractivity contribution in [3.05, 3.63) is 0 Å². The molecule has 1 saturated heterocycles. The van der Waals surface area contributed by atoms with E-state index < -0.39 is 29.8 Å². The maximum Gasteiger partial charge on any atom is 0.401 e. The lowest BCUT2D eigenvalue weighted by Gasteiger charge is -2.44. The molecule has 4 nitrogen and oxygen atoms in total. The number of nitrogens with one attached hydrogen (secondary N) is 1. The third-order valence-corrected chi connectivity index (χ3v) is 3.70. The molecule has 0 amide bonds. The van der Waals surface area contributed by atoms with Gasteiger partial charge in [-0.15, -0.1) is 0 Å². The number of ether oxygens (including phenoxy) is 2. The highest BCUT2D eigenvalue weighted by Gasteiger charge is 2.49. The van der Waals surface area contributed by atoms with Gasteiger partial charge in [0, 0.05) is 13.0 Å². The van der Waals surface area contributed by atoms with Crippen molar-refractivity contribution >= 4 is 5.97 Å². The van der Waals surface area contributed by atoms with Gasteiger partial charge in [0.1, 0.15) is 5.54 Å². The van der Waals surface area contributed by atoms with E-state index in [0.29, 0.717) is 6.42 Å². The Labute approximate surface area is 117 Å². The van der Waals surface area contributed by atoms with Gasteiger partial charge < -0.3 is 9.47 Å². The predicted molar refractivity (Wildman–Crippen MR) is 67.3 cm³/mol. The number of esters is 1. The molecule has 1 rings (SSSR count). The number of hydrogen-bond acceptors (Lipinski definition) is 4. The van der Waals surface area contributed by atoms with Gasteiger partial charge in [0.05, 0.1) is 18.8 Å². The van der Waals surface area contributed by atoms with E-state index in [1.807, 2.05) is 6.92 Å². The highest BCUT2D eigenvalue weighted by molar-refractivity contribution is 5.81. The van der Waals surface area contributed by atoms with Crippen molar-refractivity contribution in [1.29, 1.82) is 0 Å². The van der Waals surface area contributed by atoms with Gasteiger partial charge in [-0.2, -0.15) is 13.2 Å². The Bertz CT molecular complexity index is 348. The molecule has 2 atom stereocenters. The maximum atomic E-state index is 12.5. The van der Waals surface area contributed by atoms with Crippen molar-refractivity contribution in [2.75, 3.05) is 19.8 Å². The Balaban J connectivity index is 2.92. The van der Waals surface area contributed by atoms with Crippen LogP contribution in [0.4, 0.5) is 13.2 Å². The van der Waals surface area contributed by atoms with E-state index >= 15 is 0 Å². The number of rotatable bonds is 5. The van der Waals surface area contributed by atoms with E-state index in [1.54, 1.807) is 13.8 Å². The first-order valence-corrected chi connectivity index (χ1v) is 6.79. The van der Waals surface area contributed by atoms with Crippen LogP contribution in [-0.4, -0.2) is 43.0 Å². The summed E-state index contributed by atoms with van der Waals surface area (Å²) in [4.78, 5) is 12.1. The Kier molecular flexibility index (Phi) is 5.43. The van der Waals surface area contributed by atoms with Crippen molar-refractivity contribution < 1.29 is 27.4 Å². The molecule has 0 spiro atoms. The smallest absolute Gasteiger partial charge is 0.401 e.